The zero-order valence-corrected chi connectivity index (χ0v) is 11.6. The SMILES string of the molecule is CC1(C)CCC(NC(=O)COC2CCNCC2)C1. The van der Waals surface area contributed by atoms with Crippen LogP contribution in [0.1, 0.15) is 46.0 Å². The summed E-state index contributed by atoms with van der Waals surface area (Å²) >= 11 is 0. The Kier molecular flexibility index (Phi) is 4.62. The standard InChI is InChI=1S/C14H26N2O2/c1-14(2)6-3-11(9-14)16-13(17)10-18-12-4-7-15-8-5-12/h11-12,15H,3-10H2,1-2H3,(H,16,17). The first-order valence-electron chi connectivity index (χ1n) is 7.17. The normalized spacial score (nSPS) is 28.2. The molecule has 2 fully saturated rings. The zero-order chi connectivity index (χ0) is 13.0. The van der Waals surface area contributed by atoms with E-state index >= 15 is 0 Å². The summed E-state index contributed by atoms with van der Waals surface area (Å²) in [4.78, 5) is 11.8. The molecule has 0 radical (unpaired) electrons. The van der Waals surface area contributed by atoms with E-state index in [1.54, 1.807) is 0 Å². The quantitative estimate of drug-likeness (QED) is 0.798. The van der Waals surface area contributed by atoms with Crippen molar-refractivity contribution >= 4 is 5.91 Å². The molecule has 18 heavy (non-hydrogen) atoms. The Balaban J connectivity index is 1.63. The monoisotopic (exact) mass is 254 g/mol. The van der Waals surface area contributed by atoms with Crippen molar-refractivity contribution in [2.45, 2.75) is 58.1 Å². The van der Waals surface area contributed by atoms with Crippen LogP contribution in [0.25, 0.3) is 0 Å². The number of rotatable bonds is 4. The van der Waals surface area contributed by atoms with Crippen molar-refractivity contribution in [1.29, 1.82) is 0 Å². The molecule has 1 unspecified atom stereocenters. The lowest BCUT2D eigenvalue weighted by Gasteiger charge is -2.23. The van der Waals surface area contributed by atoms with Crippen LogP contribution < -0.4 is 10.6 Å². The predicted octanol–water partition coefficient (Wildman–Crippen LogP) is 1.45. The molecule has 1 heterocycles. The fourth-order valence-electron chi connectivity index (χ4n) is 2.98. The van der Waals surface area contributed by atoms with Crippen molar-refractivity contribution in [2.24, 2.45) is 5.41 Å². The van der Waals surface area contributed by atoms with Gasteiger partial charge in [0.1, 0.15) is 6.61 Å². The van der Waals surface area contributed by atoms with Crippen molar-refractivity contribution in [1.82, 2.24) is 10.6 Å². The number of nitrogens with one attached hydrogen (secondary N) is 2. The average Bonchev–Trinajstić information content (AvgIpc) is 2.67. The highest BCUT2D eigenvalue weighted by atomic mass is 16.5. The van der Waals surface area contributed by atoms with Gasteiger partial charge in [-0.2, -0.15) is 0 Å². The summed E-state index contributed by atoms with van der Waals surface area (Å²) in [6, 6.07) is 0.351. The summed E-state index contributed by atoms with van der Waals surface area (Å²) in [6.07, 6.45) is 5.69. The highest BCUT2D eigenvalue weighted by molar-refractivity contribution is 5.77. The van der Waals surface area contributed by atoms with Gasteiger partial charge in [-0.1, -0.05) is 13.8 Å². The molecule has 1 aliphatic carbocycles. The van der Waals surface area contributed by atoms with E-state index < -0.39 is 0 Å². The molecule has 4 nitrogen and oxygen atoms in total. The summed E-state index contributed by atoms with van der Waals surface area (Å²) in [6.45, 7) is 6.77. The minimum Gasteiger partial charge on any atom is -0.368 e. The largest absolute Gasteiger partial charge is 0.368 e. The number of amides is 1. The number of hydrogen-bond acceptors (Lipinski definition) is 3. The summed E-state index contributed by atoms with van der Waals surface area (Å²) in [5, 5.41) is 6.38. The van der Waals surface area contributed by atoms with E-state index in [1.165, 1.54) is 6.42 Å². The molecule has 2 aliphatic rings. The van der Waals surface area contributed by atoms with Gasteiger partial charge in [0, 0.05) is 6.04 Å². The Morgan fingerprint density at radius 3 is 2.67 bits per heavy atom. The third kappa shape index (κ3) is 4.25. The molecule has 1 saturated heterocycles. The molecular formula is C14H26N2O2. The van der Waals surface area contributed by atoms with E-state index in [0.29, 0.717) is 11.5 Å². The fourth-order valence-corrected chi connectivity index (χ4v) is 2.98. The van der Waals surface area contributed by atoms with Crippen LogP contribution >= 0.6 is 0 Å². The second-order valence-corrected chi connectivity index (χ2v) is 6.43. The molecule has 0 bridgehead atoms. The lowest BCUT2D eigenvalue weighted by atomic mass is 9.92. The van der Waals surface area contributed by atoms with Crippen LogP contribution in [0.5, 0.6) is 0 Å². The van der Waals surface area contributed by atoms with Gasteiger partial charge >= 0.3 is 0 Å². The van der Waals surface area contributed by atoms with Gasteiger partial charge in [-0.3, -0.25) is 4.79 Å². The van der Waals surface area contributed by atoms with Crippen molar-refractivity contribution in [3.63, 3.8) is 0 Å². The molecule has 0 aromatic heterocycles. The number of carbonyl (C=O) groups is 1. The molecule has 1 saturated carbocycles. The topological polar surface area (TPSA) is 50.4 Å². The van der Waals surface area contributed by atoms with Crippen LogP contribution in [0.4, 0.5) is 0 Å². The zero-order valence-electron chi connectivity index (χ0n) is 11.6. The van der Waals surface area contributed by atoms with Gasteiger partial charge in [0.15, 0.2) is 0 Å². The second-order valence-electron chi connectivity index (χ2n) is 6.43. The smallest absolute Gasteiger partial charge is 0.246 e. The van der Waals surface area contributed by atoms with Crippen LogP contribution in [0.3, 0.4) is 0 Å². The van der Waals surface area contributed by atoms with E-state index in [4.69, 9.17) is 4.74 Å². The summed E-state index contributed by atoms with van der Waals surface area (Å²) < 4.78 is 5.65. The maximum Gasteiger partial charge on any atom is 0.246 e. The Morgan fingerprint density at radius 1 is 1.33 bits per heavy atom. The van der Waals surface area contributed by atoms with Crippen LogP contribution in [-0.4, -0.2) is 37.7 Å². The second kappa shape index (κ2) is 6.02. The molecule has 0 aromatic rings. The van der Waals surface area contributed by atoms with Gasteiger partial charge in [-0.05, 0) is 50.6 Å². The third-order valence-electron chi connectivity index (χ3n) is 4.07. The number of piperidine rings is 1. The number of carbonyl (C=O) groups excluding carboxylic acids is 1. The molecule has 0 aromatic carbocycles. The molecule has 1 atom stereocenters. The number of hydrogen-bond donors (Lipinski definition) is 2. The molecule has 0 spiro atoms. The molecule has 4 heteroatoms. The van der Waals surface area contributed by atoms with Crippen LogP contribution in [-0.2, 0) is 9.53 Å². The van der Waals surface area contributed by atoms with Crippen LogP contribution in [0.15, 0.2) is 0 Å². The average molecular weight is 254 g/mol. The molecule has 2 N–H and O–H groups in total. The van der Waals surface area contributed by atoms with Crippen molar-refractivity contribution in [3.8, 4) is 0 Å². The van der Waals surface area contributed by atoms with Crippen LogP contribution in [0, 0.1) is 5.41 Å². The minimum atomic E-state index is 0.0521. The van der Waals surface area contributed by atoms with Gasteiger partial charge in [-0.25, -0.2) is 0 Å². The molecular weight excluding hydrogens is 228 g/mol. The van der Waals surface area contributed by atoms with Crippen LogP contribution in [0.2, 0.25) is 0 Å². The van der Waals surface area contributed by atoms with Gasteiger partial charge < -0.3 is 15.4 Å². The summed E-state index contributed by atoms with van der Waals surface area (Å²) in [5.74, 6) is 0.0521. The number of ether oxygens (including phenoxy) is 1. The third-order valence-corrected chi connectivity index (χ3v) is 4.07. The van der Waals surface area contributed by atoms with Crippen molar-refractivity contribution in [3.05, 3.63) is 0 Å². The highest BCUT2D eigenvalue weighted by Crippen LogP contribution is 2.36. The molecule has 1 aliphatic heterocycles. The summed E-state index contributed by atoms with van der Waals surface area (Å²) in [7, 11) is 0. The highest BCUT2D eigenvalue weighted by Gasteiger charge is 2.31. The first kappa shape index (κ1) is 13.8. The van der Waals surface area contributed by atoms with Gasteiger partial charge in [0.25, 0.3) is 0 Å². The van der Waals surface area contributed by atoms with E-state index in [0.717, 1.165) is 38.8 Å². The van der Waals surface area contributed by atoms with E-state index in [-0.39, 0.29) is 18.6 Å². The Labute approximate surface area is 110 Å². The molecule has 2 rings (SSSR count). The maximum absolute atomic E-state index is 11.8. The van der Waals surface area contributed by atoms with Gasteiger partial charge in [-0.15, -0.1) is 0 Å². The van der Waals surface area contributed by atoms with Crippen molar-refractivity contribution < 1.29 is 9.53 Å². The van der Waals surface area contributed by atoms with Gasteiger partial charge in [0.2, 0.25) is 5.91 Å². The Hall–Kier alpha value is -0.610. The summed E-state index contributed by atoms with van der Waals surface area (Å²) in [5.41, 5.74) is 0.383. The Bertz CT molecular complexity index is 286. The van der Waals surface area contributed by atoms with E-state index in [9.17, 15) is 4.79 Å². The lowest BCUT2D eigenvalue weighted by molar-refractivity contribution is -0.128. The predicted molar refractivity (Wildman–Crippen MR) is 71.4 cm³/mol. The van der Waals surface area contributed by atoms with E-state index in [1.807, 2.05) is 0 Å². The maximum atomic E-state index is 11.8. The van der Waals surface area contributed by atoms with Crippen molar-refractivity contribution in [2.75, 3.05) is 19.7 Å². The molecule has 104 valence electrons. The fraction of sp³-hybridized carbons (Fsp3) is 0.929. The lowest BCUT2D eigenvalue weighted by Crippen LogP contribution is -2.39. The first-order chi connectivity index (χ1) is 8.55. The van der Waals surface area contributed by atoms with Gasteiger partial charge in [0.05, 0.1) is 6.10 Å². The van der Waals surface area contributed by atoms with E-state index in [2.05, 4.69) is 24.5 Å². The Morgan fingerprint density at radius 2 is 2.06 bits per heavy atom. The first-order valence-corrected chi connectivity index (χ1v) is 7.17. The molecule has 1 amide bonds. The minimum absolute atomic E-state index is 0.0521.